The molecule has 0 fully saturated rings. The van der Waals surface area contributed by atoms with E-state index >= 15 is 0 Å². The van der Waals surface area contributed by atoms with Gasteiger partial charge in [-0.15, -0.1) is 11.3 Å². The van der Waals surface area contributed by atoms with Crippen LogP contribution < -0.4 is 0 Å². The number of para-hydroxylation sites is 2. The van der Waals surface area contributed by atoms with Gasteiger partial charge < -0.3 is 8.98 Å². The van der Waals surface area contributed by atoms with Gasteiger partial charge in [0.1, 0.15) is 17.0 Å². The van der Waals surface area contributed by atoms with Gasteiger partial charge in [0.05, 0.1) is 11.0 Å². The van der Waals surface area contributed by atoms with Crippen molar-refractivity contribution in [2.24, 2.45) is 0 Å². The first kappa shape index (κ1) is 32.8. The number of aromatic nitrogens is 4. The monoisotopic (exact) mass is 760 g/mol. The highest BCUT2D eigenvalue weighted by Gasteiger charge is 2.19. The zero-order chi connectivity index (χ0) is 38.2. The van der Waals surface area contributed by atoms with E-state index in [1.807, 2.05) is 47.7 Å². The van der Waals surface area contributed by atoms with Crippen LogP contribution in [0.1, 0.15) is 11.4 Å². The van der Waals surface area contributed by atoms with E-state index in [0.29, 0.717) is 18.1 Å². The van der Waals surface area contributed by atoms with Crippen molar-refractivity contribution in [2.45, 2.75) is 6.42 Å². The molecule has 58 heavy (non-hydrogen) atoms. The fraction of sp³-hybridized carbons (Fsp3) is 0.0192. The molecule has 0 aliphatic heterocycles. The number of rotatable bonds is 6. The number of benzene rings is 8. The summed E-state index contributed by atoms with van der Waals surface area (Å²) in [5, 5.41) is 7.18. The first-order chi connectivity index (χ1) is 28.7. The summed E-state index contributed by atoms with van der Waals surface area (Å²) in [6.45, 7) is 0. The van der Waals surface area contributed by atoms with Crippen LogP contribution in [0, 0.1) is 0 Å². The molecule has 8 aromatic carbocycles. The summed E-state index contributed by atoms with van der Waals surface area (Å²) in [5.74, 6) is 2.10. The lowest BCUT2D eigenvalue weighted by Crippen LogP contribution is -2.04. The van der Waals surface area contributed by atoms with Crippen molar-refractivity contribution in [3.05, 3.63) is 193 Å². The van der Waals surface area contributed by atoms with E-state index in [0.717, 1.165) is 55.7 Å². The van der Waals surface area contributed by atoms with Gasteiger partial charge in [-0.25, -0.2) is 15.0 Å². The molecule has 5 nitrogen and oxygen atoms in total. The predicted molar refractivity (Wildman–Crippen MR) is 240 cm³/mol. The second-order valence-electron chi connectivity index (χ2n) is 14.7. The maximum absolute atomic E-state index is 6.66. The van der Waals surface area contributed by atoms with Crippen molar-refractivity contribution < 1.29 is 4.42 Å². The zero-order valence-corrected chi connectivity index (χ0v) is 31.9. The van der Waals surface area contributed by atoms with Gasteiger partial charge in [-0.3, -0.25) is 0 Å². The Morgan fingerprint density at radius 1 is 0.448 bits per heavy atom. The highest BCUT2D eigenvalue weighted by atomic mass is 32.1. The van der Waals surface area contributed by atoms with Gasteiger partial charge in [0.15, 0.2) is 11.6 Å². The fourth-order valence-electron chi connectivity index (χ4n) is 8.71. The Morgan fingerprint density at radius 2 is 1.12 bits per heavy atom. The van der Waals surface area contributed by atoms with E-state index in [4.69, 9.17) is 19.4 Å². The smallest absolute Gasteiger partial charge is 0.163 e. The summed E-state index contributed by atoms with van der Waals surface area (Å²) in [4.78, 5) is 15.0. The van der Waals surface area contributed by atoms with Crippen molar-refractivity contribution >= 4 is 75.3 Å². The minimum absolute atomic E-state index is 0.575. The molecule has 12 aromatic rings. The molecule has 12 rings (SSSR count). The lowest BCUT2D eigenvalue weighted by atomic mass is 9.96. The van der Waals surface area contributed by atoms with Gasteiger partial charge in [0.2, 0.25) is 0 Å². The van der Waals surface area contributed by atoms with E-state index in [-0.39, 0.29) is 0 Å². The largest absolute Gasteiger partial charge is 0.456 e. The predicted octanol–water partition coefficient (Wildman–Crippen LogP) is 13.8. The summed E-state index contributed by atoms with van der Waals surface area (Å²) >= 11 is 1.83. The Morgan fingerprint density at radius 3 is 1.84 bits per heavy atom. The van der Waals surface area contributed by atoms with E-state index < -0.39 is 0 Å². The van der Waals surface area contributed by atoms with Gasteiger partial charge in [-0.05, 0) is 65.2 Å². The van der Waals surface area contributed by atoms with Gasteiger partial charge in [0.25, 0.3) is 0 Å². The fourth-order valence-corrected chi connectivity index (χ4v) is 9.85. The first-order valence-corrected chi connectivity index (χ1v) is 20.3. The van der Waals surface area contributed by atoms with Gasteiger partial charge in [-0.2, -0.15) is 0 Å². The Hall–Kier alpha value is -7.41. The highest BCUT2D eigenvalue weighted by molar-refractivity contribution is 7.25. The minimum Gasteiger partial charge on any atom is -0.456 e. The summed E-state index contributed by atoms with van der Waals surface area (Å²) in [6, 6.07) is 64.1. The number of hydrogen-bond donors (Lipinski definition) is 0. The lowest BCUT2D eigenvalue weighted by molar-refractivity contribution is 0.668. The molecule has 6 heteroatoms. The number of nitrogens with zero attached hydrogens (tertiary/aromatic N) is 4. The molecule has 0 unspecified atom stereocenters. The standard InChI is InChI=1S/C52H32N4OS/c1-3-13-32(14-4-1)51-53-48(54-52(55-51)33-15-5-2-6-16-33)30-35-17-11-24-47-49(35)41-29-34(25-28-46(41)58-47)37-20-12-23-44-50(37)40-27-26-36(31-45(40)57-44)56-42-21-9-7-18-38(42)39-19-8-10-22-43(39)56/h1-29,31H,30H2. The average molecular weight is 761 g/mol. The average Bonchev–Trinajstić information content (AvgIpc) is 3.96. The van der Waals surface area contributed by atoms with Crippen LogP contribution in [0.4, 0.5) is 0 Å². The van der Waals surface area contributed by atoms with E-state index in [2.05, 4.69) is 150 Å². The van der Waals surface area contributed by atoms with Crippen LogP contribution in [0.25, 0.3) is 104 Å². The first-order valence-electron chi connectivity index (χ1n) is 19.5. The second-order valence-corrected chi connectivity index (χ2v) is 15.8. The molecular formula is C52H32N4OS. The van der Waals surface area contributed by atoms with E-state index in [1.165, 1.54) is 47.5 Å². The third-order valence-electron chi connectivity index (χ3n) is 11.3. The maximum Gasteiger partial charge on any atom is 0.163 e. The summed E-state index contributed by atoms with van der Waals surface area (Å²) < 4.78 is 11.5. The SMILES string of the molecule is c1ccc(-c2nc(Cc3cccc4sc5ccc(-c6cccc7oc8cc(-n9c%10ccccc%10c%10ccccc%109)ccc8c67)cc5c34)nc(-c3ccccc3)n2)cc1. The molecule has 0 aliphatic carbocycles. The Labute approximate surface area is 337 Å². The van der Waals surface area contributed by atoms with Gasteiger partial charge >= 0.3 is 0 Å². The van der Waals surface area contributed by atoms with Gasteiger partial charge in [-0.1, -0.05) is 127 Å². The highest BCUT2D eigenvalue weighted by Crippen LogP contribution is 2.43. The maximum atomic E-state index is 6.66. The summed E-state index contributed by atoms with van der Waals surface area (Å²) in [7, 11) is 0. The molecule has 272 valence electrons. The van der Waals surface area contributed by atoms with Crippen molar-refractivity contribution in [3.63, 3.8) is 0 Å². The van der Waals surface area contributed by atoms with Gasteiger partial charge in [0, 0.05) is 71.0 Å². The molecule has 0 spiro atoms. The van der Waals surface area contributed by atoms with E-state index in [9.17, 15) is 0 Å². The molecular weight excluding hydrogens is 729 g/mol. The van der Waals surface area contributed by atoms with Crippen LogP contribution in [-0.2, 0) is 6.42 Å². The Balaban J connectivity index is 0.982. The zero-order valence-electron chi connectivity index (χ0n) is 31.1. The molecule has 4 heterocycles. The van der Waals surface area contributed by atoms with E-state index in [1.54, 1.807) is 0 Å². The quantitative estimate of drug-likeness (QED) is 0.169. The van der Waals surface area contributed by atoms with Crippen molar-refractivity contribution in [2.75, 3.05) is 0 Å². The molecule has 0 atom stereocenters. The number of thiophene rings is 1. The summed E-state index contributed by atoms with van der Waals surface area (Å²) in [5.41, 5.74) is 10.6. The third-order valence-corrected chi connectivity index (χ3v) is 12.4. The third kappa shape index (κ3) is 5.26. The summed E-state index contributed by atoms with van der Waals surface area (Å²) in [6.07, 6.45) is 0.575. The Kier molecular flexibility index (Phi) is 7.40. The second kappa shape index (κ2) is 13.1. The molecule has 0 saturated carbocycles. The molecule has 0 radical (unpaired) electrons. The number of furan rings is 1. The number of hydrogen-bond acceptors (Lipinski definition) is 5. The van der Waals surface area contributed by atoms with Crippen LogP contribution >= 0.6 is 11.3 Å². The van der Waals surface area contributed by atoms with Crippen LogP contribution in [0.2, 0.25) is 0 Å². The van der Waals surface area contributed by atoms with Crippen LogP contribution in [0.5, 0.6) is 0 Å². The van der Waals surface area contributed by atoms with Crippen molar-refractivity contribution in [1.29, 1.82) is 0 Å². The van der Waals surface area contributed by atoms with Crippen LogP contribution in [-0.4, -0.2) is 19.5 Å². The molecule has 0 amide bonds. The molecule has 0 N–H and O–H groups in total. The molecule has 0 bridgehead atoms. The van der Waals surface area contributed by atoms with Crippen LogP contribution in [0.15, 0.2) is 186 Å². The Bertz CT molecular complexity index is 3440. The normalized spacial score (nSPS) is 11.9. The number of fused-ring (bicyclic) bond motifs is 9. The molecule has 0 aliphatic rings. The van der Waals surface area contributed by atoms with Crippen LogP contribution in [0.3, 0.4) is 0 Å². The molecule has 4 aromatic heterocycles. The molecule has 0 saturated heterocycles. The van der Waals surface area contributed by atoms with Crippen molar-refractivity contribution in [1.82, 2.24) is 19.5 Å². The topological polar surface area (TPSA) is 56.7 Å². The van der Waals surface area contributed by atoms with Crippen molar-refractivity contribution in [3.8, 4) is 39.6 Å². The lowest BCUT2D eigenvalue weighted by Gasteiger charge is -2.10. The minimum atomic E-state index is 0.575.